The summed E-state index contributed by atoms with van der Waals surface area (Å²) < 4.78 is 5.02. The lowest BCUT2D eigenvalue weighted by molar-refractivity contribution is -0.111. The molecule has 1 amide bonds. The molecule has 30 heavy (non-hydrogen) atoms. The molecule has 0 radical (unpaired) electrons. The number of ether oxygens (including phenoxy) is 1. The predicted octanol–water partition coefficient (Wildman–Crippen LogP) is 6.38. The van der Waals surface area contributed by atoms with Gasteiger partial charge in [0.15, 0.2) is 0 Å². The topological polar surface area (TPSA) is 55.4 Å². The highest BCUT2D eigenvalue weighted by Gasteiger charge is 2.35. The van der Waals surface area contributed by atoms with Gasteiger partial charge in [-0.25, -0.2) is 4.79 Å². The Labute approximate surface area is 187 Å². The van der Waals surface area contributed by atoms with E-state index in [0.29, 0.717) is 21.5 Å². The van der Waals surface area contributed by atoms with E-state index < -0.39 is 5.97 Å². The number of fused-ring (bicyclic) bond motifs is 1. The van der Waals surface area contributed by atoms with Gasteiger partial charge in [-0.1, -0.05) is 57.0 Å². The van der Waals surface area contributed by atoms with Crippen molar-refractivity contribution in [2.24, 2.45) is 11.3 Å². The Morgan fingerprint density at radius 1 is 1.33 bits per heavy atom. The Morgan fingerprint density at radius 3 is 2.73 bits per heavy atom. The van der Waals surface area contributed by atoms with Crippen LogP contribution in [0.1, 0.15) is 60.0 Å². The van der Waals surface area contributed by atoms with Crippen molar-refractivity contribution in [2.45, 2.75) is 46.5 Å². The van der Waals surface area contributed by atoms with Crippen molar-refractivity contribution in [3.8, 4) is 0 Å². The van der Waals surface area contributed by atoms with Gasteiger partial charge in [0.1, 0.15) is 5.00 Å². The van der Waals surface area contributed by atoms with Crippen LogP contribution in [0.3, 0.4) is 0 Å². The lowest BCUT2D eigenvalue weighted by Gasteiger charge is -2.36. The van der Waals surface area contributed by atoms with E-state index in [4.69, 9.17) is 16.3 Å². The van der Waals surface area contributed by atoms with Crippen molar-refractivity contribution < 1.29 is 14.3 Å². The molecule has 1 heterocycles. The molecule has 1 unspecified atom stereocenters. The number of nitrogens with one attached hydrogen (secondary N) is 1. The average molecular weight is 446 g/mol. The largest absolute Gasteiger partial charge is 0.465 e. The van der Waals surface area contributed by atoms with Crippen molar-refractivity contribution in [1.82, 2.24) is 0 Å². The minimum Gasteiger partial charge on any atom is -0.465 e. The summed E-state index contributed by atoms with van der Waals surface area (Å²) in [4.78, 5) is 26.2. The monoisotopic (exact) mass is 445 g/mol. The summed E-state index contributed by atoms with van der Waals surface area (Å²) in [6.07, 6.45) is 7.01. The van der Waals surface area contributed by atoms with Crippen LogP contribution in [-0.4, -0.2) is 19.0 Å². The molecule has 1 aromatic heterocycles. The first-order valence-electron chi connectivity index (χ1n) is 10.2. The van der Waals surface area contributed by atoms with E-state index in [-0.39, 0.29) is 11.3 Å². The number of thiophene rings is 1. The van der Waals surface area contributed by atoms with Crippen molar-refractivity contribution in [2.75, 3.05) is 12.4 Å². The molecule has 4 nitrogen and oxygen atoms in total. The molecule has 1 aromatic carbocycles. The van der Waals surface area contributed by atoms with Crippen LogP contribution >= 0.6 is 22.9 Å². The summed E-state index contributed by atoms with van der Waals surface area (Å²) in [6, 6.07) is 7.31. The lowest BCUT2D eigenvalue weighted by Crippen LogP contribution is -2.28. The third-order valence-electron chi connectivity index (χ3n) is 6.23. The molecule has 1 aliphatic rings. The Kier molecular flexibility index (Phi) is 7.04. The summed E-state index contributed by atoms with van der Waals surface area (Å²) in [7, 11) is 1.38. The van der Waals surface area contributed by atoms with E-state index in [9.17, 15) is 9.59 Å². The fraction of sp³-hybridized carbons (Fsp3) is 0.417. The highest BCUT2D eigenvalue weighted by molar-refractivity contribution is 7.17. The number of hydrogen-bond acceptors (Lipinski definition) is 4. The third kappa shape index (κ3) is 4.79. The number of amides is 1. The van der Waals surface area contributed by atoms with Gasteiger partial charge in [-0.05, 0) is 53.9 Å². The summed E-state index contributed by atoms with van der Waals surface area (Å²) >= 11 is 7.64. The second kappa shape index (κ2) is 9.36. The number of carbonyl (C=O) groups excluding carboxylic acids is 2. The molecule has 2 aromatic rings. The van der Waals surface area contributed by atoms with Gasteiger partial charge >= 0.3 is 5.97 Å². The van der Waals surface area contributed by atoms with Gasteiger partial charge < -0.3 is 10.1 Å². The number of anilines is 1. The zero-order valence-corrected chi connectivity index (χ0v) is 19.5. The van der Waals surface area contributed by atoms with Gasteiger partial charge in [0.25, 0.3) is 0 Å². The number of esters is 1. The predicted molar refractivity (Wildman–Crippen MR) is 124 cm³/mol. The van der Waals surface area contributed by atoms with Gasteiger partial charge in [0.2, 0.25) is 5.91 Å². The maximum absolute atomic E-state index is 12.6. The van der Waals surface area contributed by atoms with E-state index >= 15 is 0 Å². The van der Waals surface area contributed by atoms with Crippen LogP contribution < -0.4 is 5.32 Å². The molecule has 1 N–H and O–H groups in total. The molecule has 0 aliphatic heterocycles. The van der Waals surface area contributed by atoms with Gasteiger partial charge in [0.05, 0.1) is 12.7 Å². The first-order valence-corrected chi connectivity index (χ1v) is 11.4. The van der Waals surface area contributed by atoms with E-state index in [1.807, 2.05) is 18.2 Å². The van der Waals surface area contributed by atoms with Gasteiger partial charge in [0, 0.05) is 16.0 Å². The smallest absolute Gasteiger partial charge is 0.341 e. The first kappa shape index (κ1) is 22.6. The quantitative estimate of drug-likeness (QED) is 0.414. The summed E-state index contributed by atoms with van der Waals surface area (Å²) in [5.41, 5.74) is 2.54. The third-order valence-corrected chi connectivity index (χ3v) is 7.74. The molecular formula is C24H28ClNO3S. The van der Waals surface area contributed by atoms with Crippen molar-refractivity contribution >= 4 is 45.9 Å². The summed E-state index contributed by atoms with van der Waals surface area (Å²) in [5.74, 6) is -0.141. The number of benzene rings is 1. The zero-order chi connectivity index (χ0) is 21.9. The molecule has 0 saturated heterocycles. The van der Waals surface area contributed by atoms with Crippen molar-refractivity contribution in [3.63, 3.8) is 0 Å². The molecule has 0 fully saturated rings. The van der Waals surface area contributed by atoms with Crippen LogP contribution in [0.4, 0.5) is 5.00 Å². The van der Waals surface area contributed by atoms with Crippen LogP contribution in [0, 0.1) is 11.3 Å². The average Bonchev–Trinajstić information content (AvgIpc) is 3.09. The highest BCUT2D eigenvalue weighted by atomic mass is 35.5. The number of halogens is 1. The highest BCUT2D eigenvalue weighted by Crippen LogP contribution is 2.45. The number of methoxy groups -OCH3 is 1. The van der Waals surface area contributed by atoms with Crippen LogP contribution in [0.15, 0.2) is 30.3 Å². The molecule has 0 bridgehead atoms. The van der Waals surface area contributed by atoms with E-state index in [1.54, 1.807) is 12.1 Å². The number of carbonyl (C=O) groups is 2. The van der Waals surface area contributed by atoms with E-state index in [2.05, 4.69) is 26.1 Å². The molecular weight excluding hydrogens is 418 g/mol. The van der Waals surface area contributed by atoms with E-state index in [0.717, 1.165) is 36.8 Å². The number of rotatable bonds is 6. The Bertz CT molecular complexity index is 977. The molecule has 0 saturated carbocycles. The fourth-order valence-corrected chi connectivity index (χ4v) is 5.39. The SMILES string of the molecule is CCC(C)(C)C1CCc2c(sc(NC(=O)/C=C/c3ccccc3Cl)c2C(=O)OC)C1. The molecule has 1 aliphatic carbocycles. The normalized spacial score (nSPS) is 16.4. The molecule has 0 spiro atoms. The maximum Gasteiger partial charge on any atom is 0.341 e. The standard InChI is InChI=1S/C24H28ClNO3S/c1-5-24(2,3)16-11-12-17-19(14-16)30-22(21(17)23(28)29-4)26-20(27)13-10-15-8-6-7-9-18(15)25/h6-10,13,16H,5,11-12,14H2,1-4H3,(H,26,27)/b13-10+. The van der Waals surface area contributed by atoms with Crippen molar-refractivity contribution in [3.05, 3.63) is 56.9 Å². The van der Waals surface area contributed by atoms with Gasteiger partial charge in [-0.2, -0.15) is 0 Å². The molecule has 6 heteroatoms. The number of hydrogen-bond donors (Lipinski definition) is 1. The lowest BCUT2D eigenvalue weighted by atomic mass is 9.69. The second-order valence-electron chi connectivity index (χ2n) is 8.33. The van der Waals surface area contributed by atoms with Gasteiger partial charge in [-0.15, -0.1) is 11.3 Å². The molecule has 3 rings (SSSR count). The minimum atomic E-state index is -0.397. The second-order valence-corrected chi connectivity index (χ2v) is 9.84. The van der Waals surface area contributed by atoms with Crippen LogP contribution in [0.5, 0.6) is 0 Å². The first-order chi connectivity index (χ1) is 14.3. The molecule has 1 atom stereocenters. The Balaban J connectivity index is 1.85. The van der Waals surface area contributed by atoms with Crippen molar-refractivity contribution in [1.29, 1.82) is 0 Å². The van der Waals surface area contributed by atoms with Crippen LogP contribution in [-0.2, 0) is 22.4 Å². The zero-order valence-electron chi connectivity index (χ0n) is 17.9. The fourth-order valence-electron chi connectivity index (χ4n) is 3.88. The Hall–Kier alpha value is -2.11. The Morgan fingerprint density at radius 2 is 2.07 bits per heavy atom. The maximum atomic E-state index is 12.6. The minimum absolute atomic E-state index is 0.244. The van der Waals surface area contributed by atoms with Crippen LogP contribution in [0.2, 0.25) is 5.02 Å². The van der Waals surface area contributed by atoms with E-state index in [1.165, 1.54) is 29.4 Å². The summed E-state index contributed by atoms with van der Waals surface area (Å²) in [6.45, 7) is 6.83. The summed E-state index contributed by atoms with van der Waals surface area (Å²) in [5, 5.41) is 4.03. The van der Waals surface area contributed by atoms with Gasteiger partial charge in [-0.3, -0.25) is 4.79 Å². The van der Waals surface area contributed by atoms with Crippen LogP contribution in [0.25, 0.3) is 6.08 Å². The molecule has 160 valence electrons.